The molecule has 1 aromatic carbocycles. The summed E-state index contributed by atoms with van der Waals surface area (Å²) < 4.78 is 0. The number of H-pyrrole nitrogens is 1. The van der Waals surface area contributed by atoms with E-state index in [1.807, 2.05) is 29.6 Å². The van der Waals surface area contributed by atoms with E-state index in [0.29, 0.717) is 6.54 Å². The summed E-state index contributed by atoms with van der Waals surface area (Å²) in [6.45, 7) is 0.680. The maximum atomic E-state index is 12.1. The second-order valence-electron chi connectivity index (χ2n) is 5.83. The van der Waals surface area contributed by atoms with E-state index in [0.717, 1.165) is 28.3 Å². The number of aromatic nitrogens is 1. The quantitative estimate of drug-likeness (QED) is 0.734. The molecule has 1 amide bonds. The first-order valence-corrected chi connectivity index (χ1v) is 8.53. The topological polar surface area (TPSA) is 44.9 Å². The molecule has 0 spiro atoms. The Morgan fingerprint density at radius 3 is 2.95 bits per heavy atom. The van der Waals surface area contributed by atoms with Crippen molar-refractivity contribution in [2.45, 2.75) is 18.3 Å². The van der Waals surface area contributed by atoms with Crippen LogP contribution in [-0.4, -0.2) is 17.4 Å². The van der Waals surface area contributed by atoms with Gasteiger partial charge >= 0.3 is 0 Å². The van der Waals surface area contributed by atoms with Crippen molar-refractivity contribution >= 4 is 39.7 Å². The number of rotatable bonds is 4. The molecule has 5 heteroatoms. The molecule has 0 bridgehead atoms. The predicted octanol–water partition coefficient (Wildman–Crippen LogP) is 4.34. The monoisotopic (exact) mass is 330 g/mol. The van der Waals surface area contributed by atoms with Crippen molar-refractivity contribution in [1.82, 2.24) is 10.3 Å². The molecule has 22 heavy (non-hydrogen) atoms. The zero-order valence-corrected chi connectivity index (χ0v) is 13.4. The minimum absolute atomic E-state index is 0.0177. The highest BCUT2D eigenvalue weighted by atomic mass is 35.5. The van der Waals surface area contributed by atoms with Crippen LogP contribution in [-0.2, 0) is 5.41 Å². The van der Waals surface area contributed by atoms with Gasteiger partial charge in [-0.25, -0.2) is 0 Å². The van der Waals surface area contributed by atoms with Gasteiger partial charge < -0.3 is 10.3 Å². The van der Waals surface area contributed by atoms with E-state index in [1.165, 1.54) is 22.3 Å². The van der Waals surface area contributed by atoms with Crippen LogP contribution in [0.4, 0.5) is 0 Å². The van der Waals surface area contributed by atoms with Gasteiger partial charge in [-0.1, -0.05) is 23.7 Å². The molecule has 0 atom stereocenters. The van der Waals surface area contributed by atoms with Crippen molar-refractivity contribution in [2.75, 3.05) is 6.54 Å². The predicted molar refractivity (Wildman–Crippen MR) is 90.9 cm³/mol. The number of carbonyl (C=O) groups excluding carboxylic acids is 1. The van der Waals surface area contributed by atoms with E-state index in [9.17, 15) is 4.79 Å². The van der Waals surface area contributed by atoms with Crippen LogP contribution < -0.4 is 5.32 Å². The van der Waals surface area contributed by atoms with Gasteiger partial charge in [0.1, 0.15) is 0 Å². The molecule has 4 rings (SSSR count). The molecule has 3 nitrogen and oxygen atoms in total. The average Bonchev–Trinajstić information content (AvgIpc) is 2.95. The fourth-order valence-corrected chi connectivity index (χ4v) is 3.79. The Hall–Kier alpha value is -1.78. The van der Waals surface area contributed by atoms with Crippen molar-refractivity contribution in [3.05, 3.63) is 57.4 Å². The second-order valence-corrected chi connectivity index (χ2v) is 7.22. The Labute approximate surface area is 137 Å². The van der Waals surface area contributed by atoms with Crippen LogP contribution in [0.3, 0.4) is 0 Å². The van der Waals surface area contributed by atoms with E-state index < -0.39 is 0 Å². The van der Waals surface area contributed by atoms with Gasteiger partial charge in [-0.05, 0) is 42.0 Å². The lowest BCUT2D eigenvalue weighted by Gasteiger charge is -2.15. The van der Waals surface area contributed by atoms with Gasteiger partial charge in [0.05, 0.1) is 4.88 Å². The molecule has 3 aromatic rings. The number of amides is 1. The number of hydrogen-bond donors (Lipinski definition) is 2. The zero-order valence-electron chi connectivity index (χ0n) is 11.9. The first-order chi connectivity index (χ1) is 10.7. The lowest BCUT2D eigenvalue weighted by atomic mass is 9.95. The SMILES string of the molecule is O=C(NCC1(c2c[nH]c3cc(Cl)ccc23)CC1)c1cccs1. The van der Waals surface area contributed by atoms with E-state index in [1.54, 1.807) is 0 Å². The summed E-state index contributed by atoms with van der Waals surface area (Å²) in [6, 6.07) is 9.68. The van der Waals surface area contributed by atoms with Crippen LogP contribution in [0.15, 0.2) is 41.9 Å². The number of carbonyl (C=O) groups is 1. The molecule has 0 saturated heterocycles. The standard InChI is InChI=1S/C17H15ClN2OS/c18-11-3-4-12-13(9-19-14(12)8-11)17(5-6-17)10-20-16(21)15-2-1-7-22-15/h1-4,7-9,19H,5-6,10H2,(H,20,21). The fourth-order valence-electron chi connectivity index (χ4n) is 2.97. The Kier molecular flexibility index (Phi) is 3.24. The van der Waals surface area contributed by atoms with Crippen molar-refractivity contribution in [3.8, 4) is 0 Å². The van der Waals surface area contributed by atoms with Crippen molar-refractivity contribution in [2.24, 2.45) is 0 Å². The molecule has 1 saturated carbocycles. The Morgan fingerprint density at radius 1 is 1.36 bits per heavy atom. The minimum Gasteiger partial charge on any atom is -0.361 e. The van der Waals surface area contributed by atoms with Gasteiger partial charge in [-0.15, -0.1) is 11.3 Å². The maximum Gasteiger partial charge on any atom is 0.261 e. The van der Waals surface area contributed by atoms with E-state index in [4.69, 9.17) is 11.6 Å². The molecule has 0 aliphatic heterocycles. The molecule has 2 N–H and O–H groups in total. The van der Waals surface area contributed by atoms with Gasteiger partial charge in [0.2, 0.25) is 0 Å². The number of thiophene rings is 1. The van der Waals surface area contributed by atoms with Crippen LogP contribution in [0, 0.1) is 0 Å². The number of aromatic amines is 1. The number of hydrogen-bond acceptors (Lipinski definition) is 2. The number of nitrogens with one attached hydrogen (secondary N) is 2. The Balaban J connectivity index is 1.57. The molecular weight excluding hydrogens is 316 g/mol. The lowest BCUT2D eigenvalue weighted by molar-refractivity contribution is 0.0954. The normalized spacial score (nSPS) is 15.9. The number of benzene rings is 1. The summed E-state index contributed by atoms with van der Waals surface area (Å²) in [5, 5.41) is 6.94. The molecule has 0 radical (unpaired) electrons. The molecule has 1 fully saturated rings. The summed E-state index contributed by atoms with van der Waals surface area (Å²) in [5.41, 5.74) is 2.41. The van der Waals surface area contributed by atoms with E-state index in [-0.39, 0.29) is 11.3 Å². The molecule has 2 heterocycles. The fraction of sp³-hybridized carbons (Fsp3) is 0.235. The maximum absolute atomic E-state index is 12.1. The second kappa shape index (κ2) is 5.14. The van der Waals surface area contributed by atoms with Crippen LogP contribution in [0.5, 0.6) is 0 Å². The smallest absolute Gasteiger partial charge is 0.261 e. The minimum atomic E-state index is 0.0177. The van der Waals surface area contributed by atoms with Gasteiger partial charge in [-0.2, -0.15) is 0 Å². The van der Waals surface area contributed by atoms with E-state index in [2.05, 4.69) is 22.6 Å². The van der Waals surface area contributed by atoms with Crippen molar-refractivity contribution in [3.63, 3.8) is 0 Å². The summed E-state index contributed by atoms with van der Waals surface area (Å²) in [5.74, 6) is 0.0177. The molecule has 0 unspecified atom stereocenters. The third kappa shape index (κ3) is 2.32. The summed E-state index contributed by atoms with van der Waals surface area (Å²) in [4.78, 5) is 16.2. The third-order valence-corrected chi connectivity index (χ3v) is 5.50. The Bertz CT molecular complexity index is 834. The van der Waals surface area contributed by atoms with Crippen molar-refractivity contribution < 1.29 is 4.79 Å². The van der Waals surface area contributed by atoms with Crippen LogP contribution in [0.2, 0.25) is 5.02 Å². The highest BCUT2D eigenvalue weighted by molar-refractivity contribution is 7.12. The van der Waals surface area contributed by atoms with Crippen LogP contribution in [0.25, 0.3) is 10.9 Å². The first kappa shape index (κ1) is 13.9. The Morgan fingerprint density at radius 2 is 2.23 bits per heavy atom. The molecule has 1 aliphatic carbocycles. The summed E-state index contributed by atoms with van der Waals surface area (Å²) >= 11 is 7.51. The van der Waals surface area contributed by atoms with Gasteiger partial charge in [0, 0.05) is 34.1 Å². The average molecular weight is 331 g/mol. The van der Waals surface area contributed by atoms with E-state index >= 15 is 0 Å². The van der Waals surface area contributed by atoms with Crippen LogP contribution in [0.1, 0.15) is 28.1 Å². The van der Waals surface area contributed by atoms with Gasteiger partial charge in [0.25, 0.3) is 5.91 Å². The largest absolute Gasteiger partial charge is 0.361 e. The van der Waals surface area contributed by atoms with Gasteiger partial charge in [0.15, 0.2) is 0 Å². The summed E-state index contributed by atoms with van der Waals surface area (Å²) in [7, 11) is 0. The highest BCUT2D eigenvalue weighted by Gasteiger charge is 2.45. The van der Waals surface area contributed by atoms with Gasteiger partial charge in [-0.3, -0.25) is 4.79 Å². The first-order valence-electron chi connectivity index (χ1n) is 7.27. The highest BCUT2D eigenvalue weighted by Crippen LogP contribution is 2.50. The number of fused-ring (bicyclic) bond motifs is 1. The molecule has 2 aromatic heterocycles. The lowest BCUT2D eigenvalue weighted by Crippen LogP contribution is -2.31. The van der Waals surface area contributed by atoms with Crippen LogP contribution >= 0.6 is 22.9 Å². The number of halogens is 1. The third-order valence-electron chi connectivity index (χ3n) is 4.40. The molecule has 1 aliphatic rings. The molecule has 112 valence electrons. The summed E-state index contributed by atoms with van der Waals surface area (Å²) in [6.07, 6.45) is 4.27. The zero-order chi connectivity index (χ0) is 15.2. The van der Waals surface area contributed by atoms with Crippen molar-refractivity contribution in [1.29, 1.82) is 0 Å². The molecular formula is C17H15ClN2OS.